The van der Waals surface area contributed by atoms with Crippen molar-refractivity contribution in [3.05, 3.63) is 46.6 Å². The highest BCUT2D eigenvalue weighted by molar-refractivity contribution is 7.99. The molecule has 0 saturated heterocycles. The Morgan fingerprint density at radius 1 is 1.11 bits per heavy atom. The molecule has 0 aliphatic carbocycles. The minimum Gasteiger partial charge on any atom is -0.494 e. The monoisotopic (exact) mass is 414 g/mol. The van der Waals surface area contributed by atoms with Gasteiger partial charge in [-0.3, -0.25) is 4.79 Å². The van der Waals surface area contributed by atoms with Gasteiger partial charge in [0.05, 0.1) is 18.1 Å². The van der Waals surface area contributed by atoms with Crippen LogP contribution in [0.3, 0.4) is 0 Å². The van der Waals surface area contributed by atoms with E-state index in [2.05, 4.69) is 20.3 Å². The summed E-state index contributed by atoms with van der Waals surface area (Å²) >= 11 is 2.78. The highest BCUT2D eigenvalue weighted by atomic mass is 32.2. The SMILES string of the molecule is CCOc1ccc(-c2nc(NC(=O)CSc3nc(C)cc(C)n3)sc2C)cc1. The normalized spacial score (nSPS) is 10.7. The highest BCUT2D eigenvalue weighted by Gasteiger charge is 2.13. The average molecular weight is 415 g/mol. The van der Waals surface area contributed by atoms with Crippen molar-refractivity contribution in [1.82, 2.24) is 15.0 Å². The number of amides is 1. The van der Waals surface area contributed by atoms with Crippen molar-refractivity contribution in [3.8, 4) is 17.0 Å². The van der Waals surface area contributed by atoms with Gasteiger partial charge in [0.1, 0.15) is 5.75 Å². The summed E-state index contributed by atoms with van der Waals surface area (Å²) in [5.41, 5.74) is 3.65. The lowest BCUT2D eigenvalue weighted by atomic mass is 10.1. The smallest absolute Gasteiger partial charge is 0.236 e. The Balaban J connectivity index is 1.63. The molecule has 0 atom stereocenters. The van der Waals surface area contributed by atoms with Gasteiger partial charge in [-0.2, -0.15) is 0 Å². The number of anilines is 1. The molecule has 0 aliphatic rings. The average Bonchev–Trinajstić information content (AvgIpc) is 3.00. The maximum absolute atomic E-state index is 12.3. The fourth-order valence-electron chi connectivity index (χ4n) is 2.64. The molecule has 8 heteroatoms. The molecular weight excluding hydrogens is 392 g/mol. The number of aromatic nitrogens is 3. The molecule has 1 aromatic carbocycles. The minimum absolute atomic E-state index is 0.125. The largest absolute Gasteiger partial charge is 0.494 e. The van der Waals surface area contributed by atoms with E-state index in [9.17, 15) is 4.79 Å². The van der Waals surface area contributed by atoms with E-state index in [0.29, 0.717) is 16.9 Å². The number of thioether (sulfide) groups is 1. The third-order valence-corrected chi connectivity index (χ3v) is 5.51. The summed E-state index contributed by atoms with van der Waals surface area (Å²) in [6.45, 7) is 8.42. The topological polar surface area (TPSA) is 77.0 Å². The summed E-state index contributed by atoms with van der Waals surface area (Å²) in [7, 11) is 0. The van der Waals surface area contributed by atoms with Gasteiger partial charge in [-0.15, -0.1) is 11.3 Å². The lowest BCUT2D eigenvalue weighted by Gasteiger charge is -2.04. The fraction of sp³-hybridized carbons (Fsp3) is 0.300. The lowest BCUT2D eigenvalue weighted by molar-refractivity contribution is -0.113. The highest BCUT2D eigenvalue weighted by Crippen LogP contribution is 2.31. The van der Waals surface area contributed by atoms with E-state index in [-0.39, 0.29) is 11.7 Å². The molecule has 1 amide bonds. The van der Waals surface area contributed by atoms with Crippen LogP contribution in [0.5, 0.6) is 5.75 Å². The molecule has 0 spiro atoms. The zero-order valence-corrected chi connectivity index (χ0v) is 17.9. The second-order valence-electron chi connectivity index (χ2n) is 6.15. The predicted molar refractivity (Wildman–Crippen MR) is 114 cm³/mol. The van der Waals surface area contributed by atoms with Crippen molar-refractivity contribution in [3.63, 3.8) is 0 Å². The number of ether oxygens (including phenoxy) is 1. The number of hydrogen-bond acceptors (Lipinski definition) is 7. The van der Waals surface area contributed by atoms with Crippen LogP contribution in [0.4, 0.5) is 5.13 Å². The second-order valence-corrected chi connectivity index (χ2v) is 8.30. The van der Waals surface area contributed by atoms with E-state index in [1.807, 2.05) is 58.0 Å². The van der Waals surface area contributed by atoms with Crippen LogP contribution in [0.15, 0.2) is 35.5 Å². The molecule has 3 rings (SSSR count). The van der Waals surface area contributed by atoms with Crippen LogP contribution >= 0.6 is 23.1 Å². The molecule has 0 unspecified atom stereocenters. The van der Waals surface area contributed by atoms with Gasteiger partial charge in [-0.1, -0.05) is 11.8 Å². The Hall–Kier alpha value is -2.45. The van der Waals surface area contributed by atoms with Gasteiger partial charge in [-0.25, -0.2) is 15.0 Å². The molecule has 2 aromatic heterocycles. The molecule has 28 heavy (non-hydrogen) atoms. The van der Waals surface area contributed by atoms with Crippen LogP contribution in [0.25, 0.3) is 11.3 Å². The number of nitrogens with one attached hydrogen (secondary N) is 1. The van der Waals surface area contributed by atoms with E-state index >= 15 is 0 Å². The van der Waals surface area contributed by atoms with Crippen LogP contribution in [0.2, 0.25) is 0 Å². The van der Waals surface area contributed by atoms with Crippen LogP contribution in [-0.4, -0.2) is 33.2 Å². The van der Waals surface area contributed by atoms with Crippen molar-refractivity contribution in [2.75, 3.05) is 17.7 Å². The van der Waals surface area contributed by atoms with Crippen LogP contribution in [0, 0.1) is 20.8 Å². The first kappa shape index (κ1) is 20.3. The predicted octanol–water partition coefficient (Wildman–Crippen LogP) is 4.65. The van der Waals surface area contributed by atoms with Gasteiger partial charge in [0.25, 0.3) is 0 Å². The van der Waals surface area contributed by atoms with Crippen molar-refractivity contribution < 1.29 is 9.53 Å². The van der Waals surface area contributed by atoms with E-state index in [1.54, 1.807) is 0 Å². The number of nitrogens with zero attached hydrogens (tertiary/aromatic N) is 3. The molecule has 0 saturated carbocycles. The summed E-state index contributed by atoms with van der Waals surface area (Å²) in [5.74, 6) is 0.943. The molecule has 146 valence electrons. The Morgan fingerprint density at radius 3 is 2.43 bits per heavy atom. The Labute approximate surface area is 172 Å². The molecule has 6 nitrogen and oxygen atoms in total. The number of thiazole rings is 1. The van der Waals surface area contributed by atoms with Crippen molar-refractivity contribution in [2.45, 2.75) is 32.9 Å². The quantitative estimate of drug-likeness (QED) is 0.448. The molecule has 0 bridgehead atoms. The first-order valence-corrected chi connectivity index (χ1v) is 10.7. The molecule has 2 heterocycles. The summed E-state index contributed by atoms with van der Waals surface area (Å²) in [4.78, 5) is 26.6. The fourth-order valence-corrected chi connectivity index (χ4v) is 4.24. The zero-order valence-electron chi connectivity index (χ0n) is 16.3. The molecular formula is C20H22N4O2S2. The second kappa shape index (κ2) is 9.16. The lowest BCUT2D eigenvalue weighted by Crippen LogP contribution is -2.14. The summed E-state index contributed by atoms with van der Waals surface area (Å²) in [6, 6.07) is 9.72. The van der Waals surface area contributed by atoms with Gasteiger partial charge < -0.3 is 10.1 Å². The van der Waals surface area contributed by atoms with Crippen molar-refractivity contribution in [2.24, 2.45) is 0 Å². The van der Waals surface area contributed by atoms with Gasteiger partial charge in [0.15, 0.2) is 10.3 Å². The number of aryl methyl sites for hydroxylation is 3. The van der Waals surface area contributed by atoms with Crippen LogP contribution < -0.4 is 10.1 Å². The summed E-state index contributed by atoms with van der Waals surface area (Å²) in [6.07, 6.45) is 0. The van der Waals surface area contributed by atoms with Crippen molar-refractivity contribution in [1.29, 1.82) is 0 Å². The van der Waals surface area contributed by atoms with Crippen LogP contribution in [0.1, 0.15) is 23.2 Å². The van der Waals surface area contributed by atoms with Gasteiger partial charge in [0, 0.05) is 21.8 Å². The zero-order chi connectivity index (χ0) is 20.1. The van der Waals surface area contributed by atoms with Crippen LogP contribution in [-0.2, 0) is 4.79 Å². The molecule has 0 aliphatic heterocycles. The van der Waals surface area contributed by atoms with E-state index in [1.165, 1.54) is 23.1 Å². The number of carbonyl (C=O) groups excluding carboxylic acids is 1. The van der Waals surface area contributed by atoms with E-state index in [4.69, 9.17) is 4.74 Å². The van der Waals surface area contributed by atoms with Gasteiger partial charge in [0.2, 0.25) is 5.91 Å². The molecule has 0 fully saturated rings. The standard InChI is InChI=1S/C20H22N4O2S2/c1-5-26-16-8-6-15(7-9-16)18-14(4)28-20(24-18)23-17(25)11-27-19-21-12(2)10-13(3)22-19/h6-10H,5,11H2,1-4H3,(H,23,24,25). The Kier molecular flexibility index (Phi) is 6.64. The molecule has 0 radical (unpaired) electrons. The maximum Gasteiger partial charge on any atom is 0.236 e. The minimum atomic E-state index is -0.125. The van der Waals surface area contributed by atoms with Gasteiger partial charge >= 0.3 is 0 Å². The molecule has 1 N–H and O–H groups in total. The number of benzene rings is 1. The van der Waals surface area contributed by atoms with E-state index < -0.39 is 0 Å². The summed E-state index contributed by atoms with van der Waals surface area (Å²) < 4.78 is 5.48. The number of hydrogen-bond donors (Lipinski definition) is 1. The number of rotatable bonds is 7. The maximum atomic E-state index is 12.3. The third-order valence-electron chi connectivity index (χ3n) is 3.78. The van der Waals surface area contributed by atoms with E-state index in [0.717, 1.165) is 33.3 Å². The Bertz CT molecular complexity index is 951. The third kappa shape index (κ3) is 5.30. The molecule has 3 aromatic rings. The Morgan fingerprint density at radius 2 is 1.79 bits per heavy atom. The van der Waals surface area contributed by atoms with Crippen molar-refractivity contribution >= 4 is 34.1 Å². The summed E-state index contributed by atoms with van der Waals surface area (Å²) in [5, 5.41) is 4.07. The number of carbonyl (C=O) groups is 1. The van der Waals surface area contributed by atoms with Gasteiger partial charge in [-0.05, 0) is 58.0 Å². The first-order chi connectivity index (χ1) is 13.4. The first-order valence-electron chi connectivity index (χ1n) is 8.90.